The molecule has 2 bridgehead atoms. The quantitative estimate of drug-likeness (QED) is 0.723. The summed E-state index contributed by atoms with van der Waals surface area (Å²) >= 11 is 0. The van der Waals surface area contributed by atoms with E-state index in [1.54, 1.807) is 0 Å². The standard InChI is InChI=1S/C20H32O4/c1-17-7-3-8-18(2,16(22)23)14(17)6-9-19-10-13(4-5-15(17)19)20(24,11-19)12-21/h13-15,21,24H,3-12H2,1-2H3,(H,22,23)/t13-,14+,15-,17-,18-,19-,20-/m0/s1. The van der Waals surface area contributed by atoms with Crippen molar-refractivity contribution in [1.29, 1.82) is 0 Å². The number of fused-ring (bicyclic) bond motifs is 3. The van der Waals surface area contributed by atoms with Gasteiger partial charge in [-0.3, -0.25) is 4.79 Å². The molecule has 0 amide bonds. The van der Waals surface area contributed by atoms with Gasteiger partial charge in [0.25, 0.3) is 0 Å². The van der Waals surface area contributed by atoms with Crippen LogP contribution in [0, 0.1) is 34.0 Å². The molecule has 4 heteroatoms. The highest BCUT2D eigenvalue weighted by atomic mass is 16.4. The second-order valence-corrected chi connectivity index (χ2v) is 10.0. The summed E-state index contributed by atoms with van der Waals surface area (Å²) in [5.74, 6) is 0.348. The maximum Gasteiger partial charge on any atom is 0.309 e. The van der Waals surface area contributed by atoms with E-state index in [2.05, 4.69) is 6.92 Å². The summed E-state index contributed by atoms with van der Waals surface area (Å²) < 4.78 is 0. The third-order valence-corrected chi connectivity index (χ3v) is 9.08. The molecule has 4 aliphatic carbocycles. The van der Waals surface area contributed by atoms with Gasteiger partial charge in [-0.05, 0) is 86.9 Å². The van der Waals surface area contributed by atoms with Crippen LogP contribution in [0.3, 0.4) is 0 Å². The van der Waals surface area contributed by atoms with Gasteiger partial charge in [-0.15, -0.1) is 0 Å². The molecule has 3 N–H and O–H groups in total. The first-order valence-electron chi connectivity index (χ1n) is 9.77. The third-order valence-electron chi connectivity index (χ3n) is 9.08. The topological polar surface area (TPSA) is 77.8 Å². The van der Waals surface area contributed by atoms with E-state index in [-0.39, 0.29) is 29.3 Å². The average molecular weight is 336 g/mol. The summed E-state index contributed by atoms with van der Waals surface area (Å²) in [6.45, 7) is 4.19. The third kappa shape index (κ3) is 1.90. The maximum atomic E-state index is 12.1. The van der Waals surface area contributed by atoms with Crippen LogP contribution in [0.4, 0.5) is 0 Å². The summed E-state index contributed by atoms with van der Waals surface area (Å²) in [7, 11) is 0. The van der Waals surface area contributed by atoms with Gasteiger partial charge in [0.05, 0.1) is 17.6 Å². The fourth-order valence-electron chi connectivity index (χ4n) is 8.06. The molecule has 0 saturated heterocycles. The van der Waals surface area contributed by atoms with E-state index in [1.807, 2.05) is 6.92 Å². The molecule has 4 aliphatic rings. The van der Waals surface area contributed by atoms with Crippen LogP contribution in [0.25, 0.3) is 0 Å². The Morgan fingerprint density at radius 2 is 1.83 bits per heavy atom. The van der Waals surface area contributed by atoms with Gasteiger partial charge in [0.1, 0.15) is 0 Å². The number of aliphatic carboxylic acids is 1. The van der Waals surface area contributed by atoms with Gasteiger partial charge in [0.15, 0.2) is 0 Å². The number of aliphatic hydroxyl groups is 2. The fourth-order valence-corrected chi connectivity index (χ4v) is 8.06. The van der Waals surface area contributed by atoms with Crippen LogP contribution in [-0.4, -0.2) is 33.5 Å². The van der Waals surface area contributed by atoms with E-state index in [9.17, 15) is 20.1 Å². The molecular weight excluding hydrogens is 304 g/mol. The van der Waals surface area contributed by atoms with Crippen LogP contribution in [0.2, 0.25) is 0 Å². The lowest BCUT2D eigenvalue weighted by molar-refractivity contribution is -0.181. The van der Waals surface area contributed by atoms with Crippen molar-refractivity contribution in [3.63, 3.8) is 0 Å². The second-order valence-electron chi connectivity index (χ2n) is 10.0. The molecule has 0 radical (unpaired) electrons. The predicted molar refractivity (Wildman–Crippen MR) is 90.3 cm³/mol. The van der Waals surface area contributed by atoms with Crippen molar-refractivity contribution < 1.29 is 20.1 Å². The van der Waals surface area contributed by atoms with Gasteiger partial charge in [-0.25, -0.2) is 0 Å². The minimum Gasteiger partial charge on any atom is -0.481 e. The van der Waals surface area contributed by atoms with E-state index < -0.39 is 17.0 Å². The van der Waals surface area contributed by atoms with E-state index >= 15 is 0 Å². The SMILES string of the molecule is C[C@]12CCC[C@](C)(C(=O)O)[C@@H]1CC[C@@]13C[C@H](CC[C@H]12)[C@@](O)(CO)C3. The lowest BCUT2D eigenvalue weighted by atomic mass is 9.41. The van der Waals surface area contributed by atoms with Gasteiger partial charge in [0.2, 0.25) is 0 Å². The Hall–Kier alpha value is -0.610. The highest BCUT2D eigenvalue weighted by molar-refractivity contribution is 5.75. The number of rotatable bonds is 2. The first-order chi connectivity index (χ1) is 11.2. The Labute approximate surface area is 144 Å². The van der Waals surface area contributed by atoms with Crippen molar-refractivity contribution in [3.05, 3.63) is 0 Å². The molecule has 0 unspecified atom stereocenters. The first kappa shape index (κ1) is 16.8. The van der Waals surface area contributed by atoms with Crippen molar-refractivity contribution in [2.75, 3.05) is 6.61 Å². The summed E-state index contributed by atoms with van der Waals surface area (Å²) in [4.78, 5) is 12.1. The van der Waals surface area contributed by atoms with E-state index in [0.29, 0.717) is 5.92 Å². The zero-order chi connectivity index (χ0) is 17.4. The number of aliphatic hydroxyl groups excluding tert-OH is 1. The Bertz CT molecular complexity index is 562. The molecule has 4 saturated carbocycles. The average Bonchev–Trinajstić information content (AvgIpc) is 2.73. The largest absolute Gasteiger partial charge is 0.481 e. The Morgan fingerprint density at radius 1 is 1.08 bits per heavy atom. The predicted octanol–water partition coefficient (Wildman–Crippen LogP) is 3.21. The van der Waals surface area contributed by atoms with Crippen molar-refractivity contribution >= 4 is 5.97 Å². The smallest absolute Gasteiger partial charge is 0.309 e. The number of carbonyl (C=O) groups is 1. The molecule has 4 fully saturated rings. The van der Waals surface area contributed by atoms with Crippen LogP contribution in [0.1, 0.15) is 71.6 Å². The van der Waals surface area contributed by atoms with Gasteiger partial charge < -0.3 is 15.3 Å². The first-order valence-corrected chi connectivity index (χ1v) is 9.77. The van der Waals surface area contributed by atoms with E-state index in [0.717, 1.165) is 57.8 Å². The van der Waals surface area contributed by atoms with Crippen LogP contribution < -0.4 is 0 Å². The molecule has 1 spiro atoms. The monoisotopic (exact) mass is 336 g/mol. The Morgan fingerprint density at radius 3 is 2.50 bits per heavy atom. The Kier molecular flexibility index (Phi) is 3.49. The highest BCUT2D eigenvalue weighted by Crippen LogP contribution is 2.72. The zero-order valence-corrected chi connectivity index (χ0v) is 15.1. The van der Waals surface area contributed by atoms with E-state index in [1.165, 1.54) is 0 Å². The maximum absolute atomic E-state index is 12.1. The van der Waals surface area contributed by atoms with Crippen LogP contribution in [-0.2, 0) is 4.79 Å². The molecule has 0 aromatic heterocycles. The molecule has 0 aromatic rings. The van der Waals surface area contributed by atoms with Gasteiger partial charge in [0, 0.05) is 0 Å². The van der Waals surface area contributed by atoms with Gasteiger partial charge >= 0.3 is 5.97 Å². The van der Waals surface area contributed by atoms with Crippen molar-refractivity contribution in [2.24, 2.45) is 34.0 Å². The van der Waals surface area contributed by atoms with Crippen LogP contribution in [0.5, 0.6) is 0 Å². The highest BCUT2D eigenvalue weighted by Gasteiger charge is 2.68. The number of hydrogen-bond acceptors (Lipinski definition) is 3. The zero-order valence-electron chi connectivity index (χ0n) is 15.1. The van der Waals surface area contributed by atoms with Crippen molar-refractivity contribution in [1.82, 2.24) is 0 Å². The lowest BCUT2D eigenvalue weighted by Gasteiger charge is -2.63. The van der Waals surface area contributed by atoms with Crippen LogP contribution >= 0.6 is 0 Å². The lowest BCUT2D eigenvalue weighted by Crippen LogP contribution is -2.58. The summed E-state index contributed by atoms with van der Waals surface area (Å²) in [6.07, 6.45) is 8.73. The molecule has 24 heavy (non-hydrogen) atoms. The molecule has 0 aliphatic heterocycles. The van der Waals surface area contributed by atoms with E-state index in [4.69, 9.17) is 0 Å². The van der Waals surface area contributed by atoms with Gasteiger partial charge in [-0.2, -0.15) is 0 Å². The number of hydrogen-bond donors (Lipinski definition) is 3. The molecule has 0 heterocycles. The molecule has 7 atom stereocenters. The summed E-state index contributed by atoms with van der Waals surface area (Å²) in [5.41, 5.74) is -1.31. The second kappa shape index (κ2) is 4.97. The number of carboxylic acid groups (broad SMARTS) is 1. The summed E-state index contributed by atoms with van der Waals surface area (Å²) in [6, 6.07) is 0. The summed E-state index contributed by atoms with van der Waals surface area (Å²) in [5, 5.41) is 30.6. The molecule has 4 nitrogen and oxygen atoms in total. The molecule has 4 rings (SSSR count). The molecule has 0 aromatic carbocycles. The Balaban J connectivity index is 1.73. The minimum atomic E-state index is -0.900. The normalized spacial score (nSPS) is 56.4. The minimum absolute atomic E-state index is 0.0648. The fraction of sp³-hybridized carbons (Fsp3) is 0.950. The van der Waals surface area contributed by atoms with Crippen molar-refractivity contribution in [3.8, 4) is 0 Å². The van der Waals surface area contributed by atoms with Gasteiger partial charge in [-0.1, -0.05) is 13.3 Å². The van der Waals surface area contributed by atoms with Crippen LogP contribution in [0.15, 0.2) is 0 Å². The molecule has 136 valence electrons. The number of carboxylic acids is 1. The van der Waals surface area contributed by atoms with Crippen molar-refractivity contribution in [2.45, 2.75) is 77.2 Å². The molecular formula is C20H32O4.